The fourth-order valence-corrected chi connectivity index (χ4v) is 1.35. The molecule has 82 valence electrons. The Morgan fingerprint density at radius 1 is 1.12 bits per heavy atom. The number of methoxy groups -OCH3 is 1. The van der Waals surface area contributed by atoms with Crippen LogP contribution in [0, 0.1) is 0 Å². The topological polar surface area (TPSA) is 68.1 Å². The first-order chi connectivity index (χ1) is 7.83. The smallest absolute Gasteiger partial charge is 0.163 e. The molecule has 2 aromatic rings. The predicted octanol–water partition coefficient (Wildman–Crippen LogP) is 0.962. The van der Waals surface area contributed by atoms with Gasteiger partial charge in [-0.15, -0.1) is 0 Å². The molecule has 0 radical (unpaired) electrons. The van der Waals surface area contributed by atoms with Crippen molar-refractivity contribution < 1.29 is 9.84 Å². The molecule has 0 fully saturated rings. The number of rotatable bonds is 3. The van der Waals surface area contributed by atoms with Crippen LogP contribution >= 0.6 is 0 Å². The van der Waals surface area contributed by atoms with E-state index in [4.69, 9.17) is 4.74 Å². The molecule has 16 heavy (non-hydrogen) atoms. The highest BCUT2D eigenvalue weighted by Gasteiger charge is 2.18. The third kappa shape index (κ3) is 1.99. The molecule has 5 nitrogen and oxygen atoms in total. The molecule has 0 saturated heterocycles. The zero-order valence-corrected chi connectivity index (χ0v) is 8.74. The van der Waals surface area contributed by atoms with Gasteiger partial charge in [0.05, 0.1) is 7.11 Å². The van der Waals surface area contributed by atoms with E-state index in [0.717, 1.165) is 0 Å². The average molecular weight is 217 g/mol. The Kier molecular flexibility index (Phi) is 3.07. The molecule has 1 atom stereocenters. The normalized spacial score (nSPS) is 12.1. The lowest BCUT2D eigenvalue weighted by molar-refractivity contribution is 0.199. The Bertz CT molecular complexity index is 462. The highest BCUT2D eigenvalue weighted by molar-refractivity contribution is 5.31. The summed E-state index contributed by atoms with van der Waals surface area (Å²) in [4.78, 5) is 12.0. The van der Waals surface area contributed by atoms with Gasteiger partial charge in [0.25, 0.3) is 0 Å². The highest BCUT2D eigenvalue weighted by atomic mass is 16.5. The van der Waals surface area contributed by atoms with Gasteiger partial charge in [-0.1, -0.05) is 0 Å². The van der Waals surface area contributed by atoms with Crippen molar-refractivity contribution in [3.63, 3.8) is 0 Å². The molecule has 0 aliphatic carbocycles. The molecule has 0 aliphatic heterocycles. The summed E-state index contributed by atoms with van der Waals surface area (Å²) in [6, 6.07) is 5.15. The van der Waals surface area contributed by atoms with E-state index in [9.17, 15) is 5.11 Å². The molecule has 1 N–H and O–H groups in total. The van der Waals surface area contributed by atoms with E-state index in [1.165, 1.54) is 7.11 Å². The predicted molar refractivity (Wildman–Crippen MR) is 56.9 cm³/mol. The van der Waals surface area contributed by atoms with Crippen LogP contribution in [-0.4, -0.2) is 27.2 Å². The van der Waals surface area contributed by atoms with Crippen LogP contribution in [0.1, 0.15) is 17.6 Å². The number of ether oxygens (including phenoxy) is 1. The number of aliphatic hydroxyl groups is 1. The van der Waals surface area contributed by atoms with Crippen molar-refractivity contribution in [2.24, 2.45) is 0 Å². The van der Waals surface area contributed by atoms with Gasteiger partial charge in [-0.3, -0.25) is 4.98 Å². The highest BCUT2D eigenvalue weighted by Crippen LogP contribution is 2.25. The Balaban J connectivity index is 2.37. The van der Waals surface area contributed by atoms with Gasteiger partial charge in [0.1, 0.15) is 11.4 Å². The van der Waals surface area contributed by atoms with Crippen LogP contribution in [0.4, 0.5) is 0 Å². The van der Waals surface area contributed by atoms with E-state index >= 15 is 0 Å². The number of hydrogen-bond acceptors (Lipinski definition) is 5. The third-order valence-corrected chi connectivity index (χ3v) is 2.11. The first kappa shape index (κ1) is 10.5. The molecular formula is C11H11N3O2. The van der Waals surface area contributed by atoms with E-state index in [1.807, 2.05) is 0 Å². The van der Waals surface area contributed by atoms with E-state index in [1.54, 1.807) is 36.8 Å². The van der Waals surface area contributed by atoms with Gasteiger partial charge in [-0.05, 0) is 18.2 Å². The third-order valence-electron chi connectivity index (χ3n) is 2.11. The number of aromatic nitrogens is 3. The molecule has 2 aromatic heterocycles. The standard InChI is InChI=1S/C11H11N3O2/c1-16-8-4-2-5-12-9(8)10(15)11-13-6-3-7-14-11/h2-7,10,15H,1H3. The van der Waals surface area contributed by atoms with Crippen molar-refractivity contribution in [2.75, 3.05) is 7.11 Å². The number of nitrogens with zero attached hydrogens (tertiary/aromatic N) is 3. The summed E-state index contributed by atoms with van der Waals surface area (Å²) in [5.41, 5.74) is 0.413. The van der Waals surface area contributed by atoms with Crippen LogP contribution in [0.2, 0.25) is 0 Å². The summed E-state index contributed by atoms with van der Waals surface area (Å²) < 4.78 is 5.11. The Hall–Kier alpha value is -2.01. The minimum Gasteiger partial charge on any atom is -0.495 e. The molecule has 0 spiro atoms. The minimum absolute atomic E-state index is 0.305. The van der Waals surface area contributed by atoms with Crippen molar-refractivity contribution in [2.45, 2.75) is 6.10 Å². The molecule has 0 amide bonds. The molecule has 1 unspecified atom stereocenters. The van der Waals surface area contributed by atoms with E-state index in [0.29, 0.717) is 17.3 Å². The fraction of sp³-hybridized carbons (Fsp3) is 0.182. The summed E-state index contributed by atoms with van der Waals surface area (Å²) in [6.07, 6.45) is 3.75. The Labute approximate surface area is 92.8 Å². The molecule has 5 heteroatoms. The van der Waals surface area contributed by atoms with Gasteiger partial charge in [-0.2, -0.15) is 0 Å². The van der Waals surface area contributed by atoms with Crippen LogP contribution in [0.5, 0.6) is 5.75 Å². The maximum absolute atomic E-state index is 10.0. The second kappa shape index (κ2) is 4.67. The SMILES string of the molecule is COc1cccnc1C(O)c1ncccn1. The maximum atomic E-state index is 10.0. The summed E-state index contributed by atoms with van der Waals surface area (Å²) in [7, 11) is 1.53. The molecule has 2 rings (SSSR count). The lowest BCUT2D eigenvalue weighted by Gasteiger charge is -2.11. The van der Waals surface area contributed by atoms with Crippen LogP contribution in [0.15, 0.2) is 36.8 Å². The van der Waals surface area contributed by atoms with Crippen LogP contribution in [0.25, 0.3) is 0 Å². The zero-order valence-electron chi connectivity index (χ0n) is 8.74. The van der Waals surface area contributed by atoms with Gasteiger partial charge in [0, 0.05) is 18.6 Å². The molecule has 2 heterocycles. The molecule has 0 aromatic carbocycles. The van der Waals surface area contributed by atoms with Gasteiger partial charge in [0.15, 0.2) is 11.9 Å². The quantitative estimate of drug-likeness (QED) is 0.829. The lowest BCUT2D eigenvalue weighted by atomic mass is 10.2. The second-order valence-corrected chi connectivity index (χ2v) is 3.10. The van der Waals surface area contributed by atoms with Crippen molar-refractivity contribution in [3.8, 4) is 5.75 Å². The summed E-state index contributed by atoms with van der Waals surface area (Å²) in [5.74, 6) is 0.821. The van der Waals surface area contributed by atoms with Gasteiger partial charge in [0.2, 0.25) is 0 Å². The van der Waals surface area contributed by atoms with Crippen LogP contribution < -0.4 is 4.74 Å². The monoisotopic (exact) mass is 217 g/mol. The van der Waals surface area contributed by atoms with Gasteiger partial charge < -0.3 is 9.84 Å². The maximum Gasteiger partial charge on any atom is 0.163 e. The van der Waals surface area contributed by atoms with Crippen molar-refractivity contribution in [1.82, 2.24) is 15.0 Å². The average Bonchev–Trinajstić information content (AvgIpc) is 2.39. The molecule has 0 saturated carbocycles. The van der Waals surface area contributed by atoms with E-state index in [2.05, 4.69) is 15.0 Å². The van der Waals surface area contributed by atoms with Crippen molar-refractivity contribution >= 4 is 0 Å². The fourth-order valence-electron chi connectivity index (χ4n) is 1.35. The van der Waals surface area contributed by atoms with Crippen LogP contribution in [-0.2, 0) is 0 Å². The molecule has 0 bridgehead atoms. The zero-order chi connectivity index (χ0) is 11.4. The van der Waals surface area contributed by atoms with Gasteiger partial charge in [-0.25, -0.2) is 9.97 Å². The number of aliphatic hydroxyl groups excluding tert-OH is 1. The summed E-state index contributed by atoms with van der Waals surface area (Å²) in [6.45, 7) is 0. The molecule has 0 aliphatic rings. The van der Waals surface area contributed by atoms with Crippen LogP contribution in [0.3, 0.4) is 0 Å². The second-order valence-electron chi connectivity index (χ2n) is 3.10. The van der Waals surface area contributed by atoms with E-state index in [-0.39, 0.29) is 0 Å². The number of hydrogen-bond donors (Lipinski definition) is 1. The minimum atomic E-state index is -0.975. The first-order valence-corrected chi connectivity index (χ1v) is 4.77. The summed E-state index contributed by atoms with van der Waals surface area (Å²) in [5, 5.41) is 10.0. The first-order valence-electron chi connectivity index (χ1n) is 4.77. The Morgan fingerprint density at radius 3 is 2.50 bits per heavy atom. The van der Waals surface area contributed by atoms with Crippen molar-refractivity contribution in [1.29, 1.82) is 0 Å². The lowest BCUT2D eigenvalue weighted by Crippen LogP contribution is -2.08. The van der Waals surface area contributed by atoms with Gasteiger partial charge >= 0.3 is 0 Å². The van der Waals surface area contributed by atoms with E-state index < -0.39 is 6.10 Å². The molecular weight excluding hydrogens is 206 g/mol. The van der Waals surface area contributed by atoms with Crippen molar-refractivity contribution in [3.05, 3.63) is 48.3 Å². The largest absolute Gasteiger partial charge is 0.495 e. The number of pyridine rings is 1. The Morgan fingerprint density at radius 2 is 1.81 bits per heavy atom. The summed E-state index contributed by atoms with van der Waals surface area (Å²) >= 11 is 0.